The molecule has 0 amide bonds. The van der Waals surface area contributed by atoms with Gasteiger partial charge in [-0.2, -0.15) is 0 Å². The van der Waals surface area contributed by atoms with Crippen LogP contribution in [0.3, 0.4) is 0 Å². The first-order valence-electron chi connectivity index (χ1n) is 5.40. The van der Waals surface area contributed by atoms with E-state index in [0.29, 0.717) is 12.0 Å². The third kappa shape index (κ3) is 3.06. The smallest absolute Gasteiger partial charge is 0.119 e. The predicted octanol–water partition coefficient (Wildman–Crippen LogP) is 3.99. The van der Waals surface area contributed by atoms with Gasteiger partial charge in [-0.05, 0) is 37.0 Å². The van der Waals surface area contributed by atoms with Crippen LogP contribution in [-0.4, -0.2) is 6.10 Å². The number of hydrogen-bond donors (Lipinski definition) is 0. The maximum Gasteiger partial charge on any atom is 0.119 e. The lowest BCUT2D eigenvalue weighted by Crippen LogP contribution is -2.09. The highest BCUT2D eigenvalue weighted by molar-refractivity contribution is 5.28. The van der Waals surface area contributed by atoms with Crippen LogP contribution in [0.2, 0.25) is 0 Å². The largest absolute Gasteiger partial charge is 0.491 e. The number of hydrogen-bond acceptors (Lipinski definition) is 1. The number of rotatable bonds is 4. The van der Waals surface area contributed by atoms with Crippen LogP contribution < -0.4 is 4.74 Å². The molecule has 1 nitrogen and oxygen atoms in total. The van der Waals surface area contributed by atoms with Crippen LogP contribution in [0, 0.1) is 0 Å². The van der Waals surface area contributed by atoms with Gasteiger partial charge in [-0.15, -0.1) is 0 Å². The maximum absolute atomic E-state index is 5.70. The molecule has 1 aromatic rings. The molecule has 0 heterocycles. The molecule has 78 valence electrons. The number of benzene rings is 1. The van der Waals surface area contributed by atoms with Crippen molar-refractivity contribution in [2.45, 2.75) is 46.1 Å². The molecular formula is C13H20O. The van der Waals surface area contributed by atoms with Gasteiger partial charge >= 0.3 is 0 Å². The zero-order valence-electron chi connectivity index (χ0n) is 9.58. The minimum atomic E-state index is 0.305. The normalized spacial score (nSPS) is 12.9. The summed E-state index contributed by atoms with van der Waals surface area (Å²) in [7, 11) is 0. The van der Waals surface area contributed by atoms with Crippen LogP contribution in [-0.2, 0) is 0 Å². The van der Waals surface area contributed by atoms with Crippen molar-refractivity contribution in [3.05, 3.63) is 29.8 Å². The van der Waals surface area contributed by atoms with E-state index in [0.717, 1.165) is 12.2 Å². The van der Waals surface area contributed by atoms with Crippen LogP contribution in [0.4, 0.5) is 0 Å². The van der Waals surface area contributed by atoms with Gasteiger partial charge in [0.1, 0.15) is 5.75 Å². The minimum Gasteiger partial charge on any atom is -0.491 e. The second-order valence-corrected chi connectivity index (χ2v) is 4.06. The maximum atomic E-state index is 5.70. The summed E-state index contributed by atoms with van der Waals surface area (Å²) >= 11 is 0. The van der Waals surface area contributed by atoms with Gasteiger partial charge in [0.15, 0.2) is 0 Å². The molecule has 1 atom stereocenters. The van der Waals surface area contributed by atoms with Gasteiger partial charge in [-0.3, -0.25) is 0 Å². The van der Waals surface area contributed by atoms with E-state index in [1.807, 2.05) is 0 Å². The molecular weight excluding hydrogens is 172 g/mol. The summed E-state index contributed by atoms with van der Waals surface area (Å²) < 4.78 is 5.70. The van der Waals surface area contributed by atoms with E-state index in [4.69, 9.17) is 4.74 Å². The Morgan fingerprint density at radius 2 is 1.64 bits per heavy atom. The standard InChI is InChI=1S/C13H20O/c1-5-11(4)14-13-8-6-12(7-9-13)10(2)3/h6-11H,5H2,1-4H3. The molecule has 0 saturated carbocycles. The molecule has 0 bridgehead atoms. The fourth-order valence-electron chi connectivity index (χ4n) is 1.25. The van der Waals surface area contributed by atoms with Crippen molar-refractivity contribution < 1.29 is 4.74 Å². The van der Waals surface area contributed by atoms with Crippen molar-refractivity contribution in [1.82, 2.24) is 0 Å². The first-order valence-corrected chi connectivity index (χ1v) is 5.40. The van der Waals surface area contributed by atoms with Crippen molar-refractivity contribution in [2.24, 2.45) is 0 Å². The Morgan fingerprint density at radius 3 is 2.07 bits per heavy atom. The van der Waals surface area contributed by atoms with Gasteiger partial charge in [0, 0.05) is 0 Å². The van der Waals surface area contributed by atoms with Crippen molar-refractivity contribution in [3.63, 3.8) is 0 Å². The SMILES string of the molecule is CCC(C)Oc1ccc(C(C)C)cc1. The average Bonchev–Trinajstić information content (AvgIpc) is 2.18. The fourth-order valence-corrected chi connectivity index (χ4v) is 1.25. The molecule has 0 saturated heterocycles. The lowest BCUT2D eigenvalue weighted by molar-refractivity contribution is 0.217. The van der Waals surface area contributed by atoms with Gasteiger partial charge < -0.3 is 4.74 Å². The molecule has 0 fully saturated rings. The molecule has 1 unspecified atom stereocenters. The first kappa shape index (κ1) is 11.1. The lowest BCUT2D eigenvalue weighted by atomic mass is 10.0. The van der Waals surface area contributed by atoms with Gasteiger partial charge in [0.25, 0.3) is 0 Å². The quantitative estimate of drug-likeness (QED) is 0.701. The number of ether oxygens (including phenoxy) is 1. The first-order chi connectivity index (χ1) is 6.63. The zero-order chi connectivity index (χ0) is 10.6. The van der Waals surface area contributed by atoms with Crippen molar-refractivity contribution in [3.8, 4) is 5.75 Å². The van der Waals surface area contributed by atoms with Crippen molar-refractivity contribution in [1.29, 1.82) is 0 Å². The third-order valence-corrected chi connectivity index (χ3v) is 2.46. The fraction of sp³-hybridized carbons (Fsp3) is 0.538. The van der Waals surface area contributed by atoms with Crippen molar-refractivity contribution >= 4 is 0 Å². The van der Waals surface area contributed by atoms with Crippen molar-refractivity contribution in [2.75, 3.05) is 0 Å². The summed E-state index contributed by atoms with van der Waals surface area (Å²) in [6.45, 7) is 8.62. The Bertz CT molecular complexity index is 261. The Hall–Kier alpha value is -0.980. The van der Waals surface area contributed by atoms with E-state index in [-0.39, 0.29) is 0 Å². The molecule has 1 aromatic carbocycles. The van der Waals surface area contributed by atoms with Gasteiger partial charge in [-0.25, -0.2) is 0 Å². The molecule has 1 heteroatoms. The molecule has 14 heavy (non-hydrogen) atoms. The van der Waals surface area contributed by atoms with Crippen LogP contribution in [0.5, 0.6) is 5.75 Å². The van der Waals surface area contributed by atoms with Crippen LogP contribution >= 0.6 is 0 Å². The summed E-state index contributed by atoms with van der Waals surface area (Å²) in [6, 6.07) is 8.40. The van der Waals surface area contributed by atoms with Gasteiger partial charge in [0.05, 0.1) is 6.10 Å². The Kier molecular flexibility index (Phi) is 3.99. The van der Waals surface area contributed by atoms with E-state index in [9.17, 15) is 0 Å². The Labute approximate surface area is 87.1 Å². The summed E-state index contributed by atoms with van der Waals surface area (Å²) in [4.78, 5) is 0. The highest BCUT2D eigenvalue weighted by Crippen LogP contribution is 2.19. The molecule has 1 rings (SSSR count). The summed E-state index contributed by atoms with van der Waals surface area (Å²) in [5.41, 5.74) is 1.36. The highest BCUT2D eigenvalue weighted by Gasteiger charge is 2.02. The Morgan fingerprint density at radius 1 is 1.07 bits per heavy atom. The second-order valence-electron chi connectivity index (χ2n) is 4.06. The summed E-state index contributed by atoms with van der Waals surface area (Å²) in [6.07, 6.45) is 1.35. The molecule has 0 aliphatic carbocycles. The third-order valence-electron chi connectivity index (χ3n) is 2.46. The predicted molar refractivity (Wildman–Crippen MR) is 60.9 cm³/mol. The van der Waals surface area contributed by atoms with E-state index >= 15 is 0 Å². The molecule has 0 radical (unpaired) electrons. The van der Waals surface area contributed by atoms with E-state index in [2.05, 4.69) is 52.0 Å². The molecule has 0 N–H and O–H groups in total. The van der Waals surface area contributed by atoms with Gasteiger partial charge in [0.2, 0.25) is 0 Å². The molecule has 0 aromatic heterocycles. The lowest BCUT2D eigenvalue weighted by Gasteiger charge is -2.13. The molecule has 0 aliphatic rings. The Balaban J connectivity index is 2.64. The average molecular weight is 192 g/mol. The van der Waals surface area contributed by atoms with Crippen LogP contribution in [0.25, 0.3) is 0 Å². The van der Waals surface area contributed by atoms with E-state index < -0.39 is 0 Å². The van der Waals surface area contributed by atoms with E-state index in [1.165, 1.54) is 5.56 Å². The van der Waals surface area contributed by atoms with Gasteiger partial charge in [-0.1, -0.05) is 32.9 Å². The molecule has 0 aliphatic heterocycles. The summed E-state index contributed by atoms with van der Waals surface area (Å²) in [5, 5.41) is 0. The van der Waals surface area contributed by atoms with E-state index in [1.54, 1.807) is 0 Å². The zero-order valence-corrected chi connectivity index (χ0v) is 9.58. The second kappa shape index (κ2) is 5.04. The summed E-state index contributed by atoms with van der Waals surface area (Å²) in [5.74, 6) is 1.57. The highest BCUT2D eigenvalue weighted by atomic mass is 16.5. The van der Waals surface area contributed by atoms with Crippen LogP contribution in [0.1, 0.15) is 45.6 Å². The van der Waals surface area contributed by atoms with Crippen LogP contribution in [0.15, 0.2) is 24.3 Å². The minimum absolute atomic E-state index is 0.305. The molecule has 0 spiro atoms. The topological polar surface area (TPSA) is 9.23 Å². The monoisotopic (exact) mass is 192 g/mol.